The molecule has 0 saturated heterocycles. The first kappa shape index (κ1) is 8.66. The largest absolute Gasteiger partial charge is 0.321 e. The molecule has 14 heavy (non-hydrogen) atoms. The van der Waals surface area contributed by atoms with E-state index < -0.39 is 0 Å². The van der Waals surface area contributed by atoms with Crippen molar-refractivity contribution < 1.29 is 4.79 Å². The molecule has 4 unspecified atom stereocenters. The van der Waals surface area contributed by atoms with Crippen LogP contribution in [0.1, 0.15) is 32.1 Å². The summed E-state index contributed by atoms with van der Waals surface area (Å²) in [5.41, 5.74) is 7.71. The zero-order chi connectivity index (χ0) is 9.76. The molecule has 2 fully saturated rings. The van der Waals surface area contributed by atoms with Crippen molar-refractivity contribution >= 4 is 6.29 Å². The minimum atomic E-state index is -0.225. The van der Waals surface area contributed by atoms with Crippen LogP contribution < -0.4 is 5.73 Å². The van der Waals surface area contributed by atoms with E-state index in [1.54, 1.807) is 5.57 Å². The van der Waals surface area contributed by atoms with E-state index in [0.717, 1.165) is 31.0 Å². The van der Waals surface area contributed by atoms with E-state index in [2.05, 4.69) is 6.08 Å². The van der Waals surface area contributed by atoms with E-state index in [-0.39, 0.29) is 11.5 Å². The van der Waals surface area contributed by atoms with Crippen molar-refractivity contribution in [2.75, 3.05) is 0 Å². The van der Waals surface area contributed by atoms with Crippen LogP contribution in [0.5, 0.6) is 0 Å². The lowest BCUT2D eigenvalue weighted by Crippen LogP contribution is -2.52. The summed E-state index contributed by atoms with van der Waals surface area (Å²) < 4.78 is 0. The number of allylic oxidation sites excluding steroid dienone is 2. The highest BCUT2D eigenvalue weighted by Gasteiger charge is 2.50. The third-order valence-corrected chi connectivity index (χ3v) is 4.46. The van der Waals surface area contributed by atoms with Gasteiger partial charge in [-0.05, 0) is 49.4 Å². The fourth-order valence-electron chi connectivity index (χ4n) is 4.09. The highest BCUT2D eigenvalue weighted by atomic mass is 16.1. The number of carbonyl (C=O) groups is 1. The molecule has 2 nitrogen and oxygen atoms in total. The molecule has 0 heterocycles. The van der Waals surface area contributed by atoms with E-state index in [1.165, 1.54) is 19.3 Å². The molecule has 2 heteroatoms. The van der Waals surface area contributed by atoms with Crippen molar-refractivity contribution in [1.82, 2.24) is 0 Å². The van der Waals surface area contributed by atoms with Gasteiger partial charge in [0.2, 0.25) is 0 Å². The summed E-state index contributed by atoms with van der Waals surface area (Å²) >= 11 is 0. The summed E-state index contributed by atoms with van der Waals surface area (Å²) in [6, 6.07) is -0.225. The molecule has 4 bridgehead atoms. The van der Waals surface area contributed by atoms with Gasteiger partial charge in [-0.15, -0.1) is 0 Å². The van der Waals surface area contributed by atoms with Crippen LogP contribution in [0.3, 0.4) is 0 Å². The molecule has 4 aliphatic carbocycles. The average molecular weight is 191 g/mol. The maximum Gasteiger partial charge on any atom is 0.137 e. The van der Waals surface area contributed by atoms with Gasteiger partial charge in [-0.3, -0.25) is 0 Å². The molecule has 4 rings (SSSR count). The summed E-state index contributed by atoms with van der Waals surface area (Å²) in [4.78, 5) is 10.9. The first-order valence-corrected chi connectivity index (χ1v) is 5.62. The molecule has 4 aliphatic rings. The number of nitrogens with two attached hydrogens (primary N) is 1. The van der Waals surface area contributed by atoms with Gasteiger partial charge in [0.25, 0.3) is 0 Å². The van der Waals surface area contributed by atoms with Crippen LogP contribution >= 0.6 is 0 Å². The van der Waals surface area contributed by atoms with E-state index in [1.807, 2.05) is 0 Å². The van der Waals surface area contributed by atoms with E-state index in [9.17, 15) is 4.79 Å². The number of aldehydes is 1. The van der Waals surface area contributed by atoms with Crippen molar-refractivity contribution in [3.8, 4) is 0 Å². The van der Waals surface area contributed by atoms with Crippen LogP contribution in [0.4, 0.5) is 0 Å². The van der Waals surface area contributed by atoms with Crippen molar-refractivity contribution in [3.05, 3.63) is 11.6 Å². The fourth-order valence-corrected chi connectivity index (χ4v) is 4.09. The fraction of sp³-hybridized carbons (Fsp3) is 0.750. The number of rotatable bonds is 2. The van der Waals surface area contributed by atoms with Crippen molar-refractivity contribution in [1.29, 1.82) is 0 Å². The van der Waals surface area contributed by atoms with Gasteiger partial charge in [0.1, 0.15) is 6.29 Å². The number of hydrogen-bond acceptors (Lipinski definition) is 2. The van der Waals surface area contributed by atoms with Gasteiger partial charge in [0.05, 0.1) is 6.04 Å². The molecule has 2 N–H and O–H groups in total. The lowest BCUT2D eigenvalue weighted by Gasteiger charge is -2.54. The molecule has 0 spiro atoms. The van der Waals surface area contributed by atoms with Gasteiger partial charge in [-0.2, -0.15) is 0 Å². The Morgan fingerprint density at radius 1 is 1.57 bits per heavy atom. The van der Waals surface area contributed by atoms with Crippen LogP contribution in [-0.2, 0) is 4.79 Å². The Hall–Kier alpha value is -0.630. The molecule has 0 amide bonds. The zero-order valence-electron chi connectivity index (χ0n) is 8.41. The molecule has 4 atom stereocenters. The molecular formula is C12H17NO. The van der Waals surface area contributed by atoms with Crippen LogP contribution in [0.25, 0.3) is 0 Å². The van der Waals surface area contributed by atoms with Crippen LogP contribution in [0, 0.1) is 17.3 Å². The van der Waals surface area contributed by atoms with Gasteiger partial charge in [0, 0.05) is 0 Å². The Morgan fingerprint density at radius 2 is 2.43 bits per heavy atom. The highest BCUT2D eigenvalue weighted by molar-refractivity contribution is 5.59. The molecule has 76 valence electrons. The Bertz CT molecular complexity index is 309. The van der Waals surface area contributed by atoms with E-state index in [0.29, 0.717) is 0 Å². The first-order valence-electron chi connectivity index (χ1n) is 5.62. The molecule has 0 aromatic heterocycles. The number of carbonyl (C=O) groups excluding carboxylic acids is 1. The van der Waals surface area contributed by atoms with Crippen molar-refractivity contribution in [2.45, 2.75) is 38.1 Å². The highest BCUT2D eigenvalue weighted by Crippen LogP contribution is 2.58. The Balaban J connectivity index is 1.97. The minimum Gasteiger partial charge on any atom is -0.321 e. The summed E-state index contributed by atoms with van der Waals surface area (Å²) in [7, 11) is 0. The first-order chi connectivity index (χ1) is 6.72. The van der Waals surface area contributed by atoms with Gasteiger partial charge in [-0.25, -0.2) is 0 Å². The number of hydrogen-bond donors (Lipinski definition) is 1. The summed E-state index contributed by atoms with van der Waals surface area (Å²) in [5.74, 6) is 1.56. The van der Waals surface area contributed by atoms with Gasteiger partial charge in [0.15, 0.2) is 0 Å². The predicted molar refractivity (Wildman–Crippen MR) is 54.6 cm³/mol. The lowest BCUT2D eigenvalue weighted by molar-refractivity contribution is -0.113. The summed E-state index contributed by atoms with van der Waals surface area (Å²) in [5, 5.41) is 0. The van der Waals surface area contributed by atoms with Crippen LogP contribution in [-0.4, -0.2) is 12.3 Å². The lowest BCUT2D eigenvalue weighted by atomic mass is 9.51. The van der Waals surface area contributed by atoms with Gasteiger partial charge >= 0.3 is 0 Å². The molecular weight excluding hydrogens is 174 g/mol. The molecule has 0 radical (unpaired) electrons. The maximum absolute atomic E-state index is 10.9. The second-order valence-corrected chi connectivity index (χ2v) is 5.50. The second-order valence-electron chi connectivity index (χ2n) is 5.50. The normalized spacial score (nSPS) is 46.2. The topological polar surface area (TPSA) is 43.1 Å². The standard InChI is InChI=1S/C12H17NO/c13-11(7-14)12-4-8-1-9(5-12)3-10(2-8)6-12/h1,7-8,10-11H,2-6,13H2. The second kappa shape index (κ2) is 2.69. The third kappa shape index (κ3) is 1.04. The zero-order valence-corrected chi connectivity index (χ0v) is 8.41. The van der Waals surface area contributed by atoms with Crippen LogP contribution in [0.15, 0.2) is 11.6 Å². The SMILES string of the molecule is NC(C=O)C12CC3=CC(CC(C3)C1)C2. The van der Waals surface area contributed by atoms with Gasteiger partial charge < -0.3 is 10.5 Å². The van der Waals surface area contributed by atoms with Crippen molar-refractivity contribution in [3.63, 3.8) is 0 Å². The summed E-state index contributed by atoms with van der Waals surface area (Å²) in [6.07, 6.45) is 9.49. The Kier molecular flexibility index (Phi) is 1.67. The maximum atomic E-state index is 10.9. The van der Waals surface area contributed by atoms with E-state index in [4.69, 9.17) is 5.73 Å². The Labute approximate surface area is 84.5 Å². The molecule has 0 aromatic rings. The minimum absolute atomic E-state index is 0.150. The van der Waals surface area contributed by atoms with E-state index >= 15 is 0 Å². The van der Waals surface area contributed by atoms with Crippen molar-refractivity contribution in [2.24, 2.45) is 23.0 Å². The smallest absolute Gasteiger partial charge is 0.137 e. The monoisotopic (exact) mass is 191 g/mol. The quantitative estimate of drug-likeness (QED) is 0.532. The predicted octanol–water partition coefficient (Wildman–Crippen LogP) is 1.65. The molecule has 2 saturated carbocycles. The van der Waals surface area contributed by atoms with Gasteiger partial charge in [-0.1, -0.05) is 11.6 Å². The third-order valence-electron chi connectivity index (χ3n) is 4.46. The Morgan fingerprint density at radius 3 is 3.07 bits per heavy atom. The average Bonchev–Trinajstić information content (AvgIpc) is 2.14. The van der Waals surface area contributed by atoms with Crippen LogP contribution in [0.2, 0.25) is 0 Å². The summed E-state index contributed by atoms with van der Waals surface area (Å²) in [6.45, 7) is 0. The molecule has 0 aromatic carbocycles. The molecule has 0 aliphatic heterocycles.